The van der Waals surface area contributed by atoms with Crippen LogP contribution in [-0.2, 0) is 14.1 Å². The first-order valence-corrected chi connectivity index (χ1v) is 9.64. The zero-order valence-corrected chi connectivity index (χ0v) is 17.3. The predicted molar refractivity (Wildman–Crippen MR) is 115 cm³/mol. The van der Waals surface area contributed by atoms with E-state index in [1.54, 1.807) is 0 Å². The van der Waals surface area contributed by atoms with E-state index in [9.17, 15) is 4.79 Å². The fourth-order valence-electron chi connectivity index (χ4n) is 3.08. The average Bonchev–Trinajstić information content (AvgIpc) is 2.87. The average molecular weight is 377 g/mol. The molecule has 0 aromatic heterocycles. The topological polar surface area (TPSA) is 47.6 Å². The highest BCUT2D eigenvalue weighted by Gasteiger charge is 2.52. The second kappa shape index (κ2) is 7.94. The smallest absolute Gasteiger partial charge is 0.400 e. The molecule has 0 aliphatic carbocycles. The second-order valence-corrected chi connectivity index (χ2v) is 8.21. The number of hydrogen-bond donors (Lipinski definition) is 1. The quantitative estimate of drug-likeness (QED) is 0.781. The van der Waals surface area contributed by atoms with Gasteiger partial charge in [0.25, 0.3) is 0 Å². The zero-order chi connectivity index (χ0) is 20.4. The third-order valence-electron chi connectivity index (χ3n) is 5.44. The Morgan fingerprint density at radius 1 is 0.964 bits per heavy atom. The molecule has 0 bridgehead atoms. The summed E-state index contributed by atoms with van der Waals surface area (Å²) in [7, 11) is -0.503. The number of amides is 1. The van der Waals surface area contributed by atoms with E-state index in [4.69, 9.17) is 9.31 Å². The van der Waals surface area contributed by atoms with Gasteiger partial charge in [-0.15, -0.1) is 0 Å². The highest BCUT2D eigenvalue weighted by Crippen LogP contribution is 2.38. The van der Waals surface area contributed by atoms with E-state index < -0.39 is 18.3 Å². The molecule has 3 rings (SSSR count). The first-order valence-electron chi connectivity index (χ1n) is 9.64. The maximum atomic E-state index is 11.5. The van der Waals surface area contributed by atoms with Crippen LogP contribution in [0.15, 0.2) is 60.1 Å². The minimum Gasteiger partial charge on any atom is -0.400 e. The van der Waals surface area contributed by atoms with Crippen molar-refractivity contribution in [2.75, 3.05) is 6.54 Å². The van der Waals surface area contributed by atoms with Crippen LogP contribution in [0.3, 0.4) is 0 Å². The Bertz CT molecular complexity index is 858. The molecule has 28 heavy (non-hydrogen) atoms. The van der Waals surface area contributed by atoms with Gasteiger partial charge in [0, 0.05) is 13.5 Å². The standard InChI is InChI=1S/C23H28BNO3/c1-17(26)25-16-21(24-27-22(2,3)23(4,5)28-24)15-18-10-9-13-20(14-18)19-11-7-6-8-12-19/h6-15H,16H2,1-5H3,(H,25,26). The van der Waals surface area contributed by atoms with Gasteiger partial charge in [0.1, 0.15) is 0 Å². The van der Waals surface area contributed by atoms with E-state index in [-0.39, 0.29) is 5.91 Å². The number of benzene rings is 2. The molecule has 0 radical (unpaired) electrons. The fourth-order valence-corrected chi connectivity index (χ4v) is 3.08. The maximum Gasteiger partial charge on any atom is 0.492 e. The summed E-state index contributed by atoms with van der Waals surface area (Å²) in [6.07, 6.45) is 2.05. The molecule has 2 aromatic carbocycles. The van der Waals surface area contributed by atoms with E-state index in [1.807, 2.05) is 64.1 Å². The van der Waals surface area contributed by atoms with Crippen molar-refractivity contribution >= 4 is 19.1 Å². The van der Waals surface area contributed by atoms with Crippen LogP contribution < -0.4 is 5.32 Å². The predicted octanol–water partition coefficient (Wildman–Crippen LogP) is 4.50. The summed E-state index contributed by atoms with van der Waals surface area (Å²) in [5.41, 5.74) is 3.37. The molecule has 1 aliphatic rings. The number of hydrogen-bond acceptors (Lipinski definition) is 3. The lowest BCUT2D eigenvalue weighted by atomic mass is 9.77. The normalized spacial score (nSPS) is 18.2. The molecule has 2 aromatic rings. The molecule has 0 saturated carbocycles. The Labute approximate surface area is 168 Å². The number of carbonyl (C=O) groups is 1. The summed E-state index contributed by atoms with van der Waals surface area (Å²) < 4.78 is 12.4. The van der Waals surface area contributed by atoms with Gasteiger partial charge >= 0.3 is 7.12 Å². The summed E-state index contributed by atoms with van der Waals surface area (Å²) in [5.74, 6) is -0.0829. The van der Waals surface area contributed by atoms with E-state index in [0.29, 0.717) is 6.54 Å². The van der Waals surface area contributed by atoms with Gasteiger partial charge in [-0.05, 0) is 55.9 Å². The van der Waals surface area contributed by atoms with Gasteiger partial charge in [-0.1, -0.05) is 54.6 Å². The van der Waals surface area contributed by atoms with Crippen LogP contribution in [0.4, 0.5) is 0 Å². The Morgan fingerprint density at radius 3 is 2.18 bits per heavy atom. The van der Waals surface area contributed by atoms with Crippen molar-refractivity contribution in [3.05, 3.63) is 65.6 Å². The van der Waals surface area contributed by atoms with Crippen LogP contribution in [0.25, 0.3) is 17.2 Å². The highest BCUT2D eigenvalue weighted by atomic mass is 16.7. The lowest BCUT2D eigenvalue weighted by Crippen LogP contribution is -2.41. The SMILES string of the molecule is CC(=O)NCC(=Cc1cccc(-c2ccccc2)c1)B1OC(C)(C)C(C)(C)O1. The lowest BCUT2D eigenvalue weighted by Gasteiger charge is -2.32. The minimum absolute atomic E-state index is 0.0829. The third-order valence-corrected chi connectivity index (χ3v) is 5.44. The minimum atomic E-state index is -0.503. The fraction of sp³-hybridized carbons (Fsp3) is 0.348. The number of nitrogens with one attached hydrogen (secondary N) is 1. The third kappa shape index (κ3) is 4.54. The molecule has 1 aliphatic heterocycles. The van der Waals surface area contributed by atoms with Gasteiger partial charge in [-0.3, -0.25) is 4.79 Å². The molecule has 1 saturated heterocycles. The van der Waals surface area contributed by atoms with E-state index in [2.05, 4.69) is 29.6 Å². The van der Waals surface area contributed by atoms with Crippen molar-refractivity contribution in [3.8, 4) is 11.1 Å². The van der Waals surface area contributed by atoms with Crippen molar-refractivity contribution in [2.24, 2.45) is 0 Å². The first kappa shape index (κ1) is 20.4. The van der Waals surface area contributed by atoms with Gasteiger partial charge in [0.2, 0.25) is 5.91 Å². The van der Waals surface area contributed by atoms with E-state index in [0.717, 1.165) is 22.2 Å². The largest absolute Gasteiger partial charge is 0.492 e. The lowest BCUT2D eigenvalue weighted by molar-refractivity contribution is -0.118. The Morgan fingerprint density at radius 2 is 1.57 bits per heavy atom. The summed E-state index contributed by atoms with van der Waals surface area (Å²) in [6.45, 7) is 10.00. The highest BCUT2D eigenvalue weighted by molar-refractivity contribution is 6.56. The van der Waals surface area contributed by atoms with Gasteiger partial charge in [0.15, 0.2) is 0 Å². The van der Waals surface area contributed by atoms with Crippen LogP contribution in [-0.4, -0.2) is 30.8 Å². The maximum absolute atomic E-state index is 11.5. The second-order valence-electron chi connectivity index (χ2n) is 8.21. The molecule has 146 valence electrons. The molecule has 1 heterocycles. The first-order chi connectivity index (χ1) is 13.2. The molecule has 1 N–H and O–H groups in total. The number of carbonyl (C=O) groups excluding carboxylic acids is 1. The van der Waals surface area contributed by atoms with Crippen molar-refractivity contribution in [2.45, 2.75) is 45.8 Å². The van der Waals surface area contributed by atoms with Crippen LogP contribution in [0.2, 0.25) is 0 Å². The molecular weight excluding hydrogens is 349 g/mol. The Balaban J connectivity index is 1.93. The molecular formula is C23H28BNO3. The molecule has 4 nitrogen and oxygen atoms in total. The van der Waals surface area contributed by atoms with Gasteiger partial charge in [0.05, 0.1) is 11.2 Å². The van der Waals surface area contributed by atoms with Crippen molar-refractivity contribution in [1.82, 2.24) is 5.32 Å². The monoisotopic (exact) mass is 377 g/mol. The van der Waals surface area contributed by atoms with Crippen LogP contribution in [0.1, 0.15) is 40.2 Å². The number of rotatable bonds is 5. The van der Waals surface area contributed by atoms with Crippen molar-refractivity contribution in [1.29, 1.82) is 0 Å². The van der Waals surface area contributed by atoms with Gasteiger partial charge in [-0.25, -0.2) is 0 Å². The van der Waals surface area contributed by atoms with E-state index in [1.165, 1.54) is 6.92 Å². The van der Waals surface area contributed by atoms with Crippen molar-refractivity contribution in [3.63, 3.8) is 0 Å². The molecule has 1 amide bonds. The zero-order valence-electron chi connectivity index (χ0n) is 17.3. The molecule has 5 heteroatoms. The summed E-state index contributed by atoms with van der Waals surface area (Å²) in [6, 6.07) is 18.6. The van der Waals surface area contributed by atoms with Crippen molar-refractivity contribution < 1.29 is 14.1 Å². The van der Waals surface area contributed by atoms with Gasteiger partial charge in [-0.2, -0.15) is 0 Å². The summed E-state index contributed by atoms with van der Waals surface area (Å²) in [5, 5.41) is 2.88. The van der Waals surface area contributed by atoms with Crippen LogP contribution in [0, 0.1) is 0 Å². The molecule has 0 spiro atoms. The Kier molecular flexibility index (Phi) is 5.78. The Hall–Kier alpha value is -2.37. The van der Waals surface area contributed by atoms with E-state index >= 15 is 0 Å². The summed E-state index contributed by atoms with van der Waals surface area (Å²) >= 11 is 0. The van der Waals surface area contributed by atoms with Crippen LogP contribution >= 0.6 is 0 Å². The molecule has 0 unspecified atom stereocenters. The molecule has 0 atom stereocenters. The van der Waals surface area contributed by atoms with Gasteiger partial charge < -0.3 is 14.6 Å². The van der Waals surface area contributed by atoms with Crippen LogP contribution in [0.5, 0.6) is 0 Å². The molecule has 1 fully saturated rings. The summed E-state index contributed by atoms with van der Waals surface area (Å²) in [4.78, 5) is 11.5.